The molecule has 0 amide bonds. The fourth-order valence-corrected chi connectivity index (χ4v) is 2.50. The van der Waals surface area contributed by atoms with E-state index in [9.17, 15) is 10.4 Å². The fourth-order valence-electron chi connectivity index (χ4n) is 2.25. The first-order chi connectivity index (χ1) is 11.0. The number of anilines is 1. The molecule has 118 valence electrons. The van der Waals surface area contributed by atoms with Gasteiger partial charge in [-0.25, -0.2) is 0 Å². The van der Waals surface area contributed by atoms with Crippen LogP contribution in [0.5, 0.6) is 11.5 Å². The van der Waals surface area contributed by atoms with Crippen LogP contribution in [0.1, 0.15) is 18.1 Å². The van der Waals surface area contributed by atoms with Crippen molar-refractivity contribution in [3.63, 3.8) is 0 Å². The molecule has 2 aromatic rings. The Hall–Kier alpha value is -2.85. The fraction of sp³-hybridized carbons (Fsp3) is 0.188. The summed E-state index contributed by atoms with van der Waals surface area (Å²) >= 11 is 5.20. The Kier molecular flexibility index (Phi) is 4.98. The van der Waals surface area contributed by atoms with E-state index in [0.717, 1.165) is 0 Å². The molecule has 0 atom stereocenters. The Labute approximate surface area is 138 Å². The maximum Gasteiger partial charge on any atom is 0.161 e. The van der Waals surface area contributed by atoms with Gasteiger partial charge in [0.15, 0.2) is 11.5 Å². The van der Waals surface area contributed by atoms with Crippen LogP contribution in [0.3, 0.4) is 0 Å². The SMILES string of the molecule is CCOc1cc(-c2c(C=NC)c(N)[nH]c(=S)c2C#N)ccc1O. The van der Waals surface area contributed by atoms with Crippen LogP contribution in [0.2, 0.25) is 0 Å². The minimum Gasteiger partial charge on any atom is -0.504 e. The number of nitrogens with one attached hydrogen (secondary N) is 1. The standard InChI is InChI=1S/C16H16N4O2S/c1-3-22-13-6-9(4-5-12(13)21)14-10(7-17)16(23)20-15(18)11(14)8-19-2/h4-6,8,21H,3H2,1-2H3,(H3,18,20,23). The maximum absolute atomic E-state index is 9.85. The van der Waals surface area contributed by atoms with Gasteiger partial charge < -0.3 is 20.6 Å². The predicted octanol–water partition coefficient (Wildman–Crippen LogP) is 3.02. The second-order valence-electron chi connectivity index (χ2n) is 4.65. The zero-order chi connectivity index (χ0) is 17.0. The van der Waals surface area contributed by atoms with Gasteiger partial charge in [0.25, 0.3) is 0 Å². The molecule has 0 aliphatic carbocycles. The second kappa shape index (κ2) is 6.94. The molecule has 1 aromatic carbocycles. The molecule has 0 aliphatic rings. The topological polar surface area (TPSA) is 107 Å². The Morgan fingerprint density at radius 2 is 2.26 bits per heavy atom. The molecular formula is C16H16N4O2S. The van der Waals surface area contributed by atoms with Crippen molar-refractivity contribution in [3.8, 4) is 28.7 Å². The predicted molar refractivity (Wildman–Crippen MR) is 92.5 cm³/mol. The third kappa shape index (κ3) is 3.17. The molecule has 0 fully saturated rings. The van der Waals surface area contributed by atoms with Gasteiger partial charge >= 0.3 is 0 Å². The van der Waals surface area contributed by atoms with Gasteiger partial charge in [0.05, 0.1) is 12.2 Å². The van der Waals surface area contributed by atoms with Crippen molar-refractivity contribution in [1.29, 1.82) is 5.26 Å². The summed E-state index contributed by atoms with van der Waals surface area (Å²) in [6, 6.07) is 6.93. The third-order valence-electron chi connectivity index (χ3n) is 3.20. The second-order valence-corrected chi connectivity index (χ2v) is 5.05. The Balaban J connectivity index is 2.84. The molecule has 2 rings (SSSR count). The van der Waals surface area contributed by atoms with Crippen molar-refractivity contribution in [2.24, 2.45) is 4.99 Å². The number of aliphatic imine (C=N–C) groups is 1. The van der Waals surface area contributed by atoms with E-state index in [0.29, 0.717) is 34.9 Å². The molecule has 0 saturated carbocycles. The lowest BCUT2D eigenvalue weighted by Gasteiger charge is -2.13. The lowest BCUT2D eigenvalue weighted by atomic mass is 9.96. The molecule has 7 heteroatoms. The minimum absolute atomic E-state index is 0.0221. The number of phenols is 1. The first-order valence-electron chi connectivity index (χ1n) is 6.87. The number of pyridine rings is 1. The molecule has 23 heavy (non-hydrogen) atoms. The van der Waals surface area contributed by atoms with Crippen molar-refractivity contribution in [1.82, 2.24) is 4.98 Å². The van der Waals surface area contributed by atoms with Crippen molar-refractivity contribution in [3.05, 3.63) is 34.0 Å². The molecule has 1 heterocycles. The van der Waals surface area contributed by atoms with E-state index in [1.807, 2.05) is 6.92 Å². The number of nitrogens with two attached hydrogens (primary N) is 1. The summed E-state index contributed by atoms with van der Waals surface area (Å²) in [6.45, 7) is 2.22. The number of hydrogen-bond donors (Lipinski definition) is 3. The van der Waals surface area contributed by atoms with E-state index in [-0.39, 0.29) is 16.0 Å². The number of hydrogen-bond acceptors (Lipinski definition) is 6. The van der Waals surface area contributed by atoms with Crippen LogP contribution >= 0.6 is 12.2 Å². The molecule has 0 saturated heterocycles. The molecule has 0 radical (unpaired) electrons. The number of nitriles is 1. The zero-order valence-electron chi connectivity index (χ0n) is 12.8. The highest BCUT2D eigenvalue weighted by molar-refractivity contribution is 7.71. The number of H-pyrrole nitrogens is 1. The molecule has 6 nitrogen and oxygen atoms in total. The Morgan fingerprint density at radius 3 is 2.87 bits per heavy atom. The van der Waals surface area contributed by atoms with E-state index in [1.54, 1.807) is 25.4 Å². The maximum atomic E-state index is 9.85. The van der Waals surface area contributed by atoms with Crippen LogP contribution in [0.4, 0.5) is 5.82 Å². The summed E-state index contributed by atoms with van der Waals surface area (Å²) in [5, 5.41) is 19.3. The van der Waals surface area contributed by atoms with Gasteiger partial charge in [0, 0.05) is 24.4 Å². The Bertz CT molecular complexity index is 866. The first kappa shape index (κ1) is 16.5. The summed E-state index contributed by atoms with van der Waals surface area (Å²) in [5.41, 5.74) is 8.06. The van der Waals surface area contributed by atoms with Gasteiger partial charge in [0.2, 0.25) is 0 Å². The van der Waals surface area contributed by atoms with Crippen molar-refractivity contribution >= 4 is 24.3 Å². The lowest BCUT2D eigenvalue weighted by Crippen LogP contribution is -2.04. The molecular weight excluding hydrogens is 312 g/mol. The lowest BCUT2D eigenvalue weighted by molar-refractivity contribution is 0.318. The highest BCUT2D eigenvalue weighted by atomic mass is 32.1. The number of aromatic amines is 1. The van der Waals surface area contributed by atoms with E-state index >= 15 is 0 Å². The highest BCUT2D eigenvalue weighted by Crippen LogP contribution is 2.36. The zero-order valence-corrected chi connectivity index (χ0v) is 13.6. The van der Waals surface area contributed by atoms with E-state index in [2.05, 4.69) is 16.0 Å². The number of nitrogens with zero attached hydrogens (tertiary/aromatic N) is 2. The summed E-state index contributed by atoms with van der Waals surface area (Å²) < 4.78 is 5.65. The van der Waals surface area contributed by atoms with Crippen molar-refractivity contribution < 1.29 is 9.84 Å². The molecule has 0 bridgehead atoms. The van der Waals surface area contributed by atoms with Gasteiger partial charge in [-0.1, -0.05) is 18.3 Å². The number of aromatic nitrogens is 1. The average Bonchev–Trinajstić information content (AvgIpc) is 2.52. The monoisotopic (exact) mass is 328 g/mol. The molecule has 0 unspecified atom stereocenters. The van der Waals surface area contributed by atoms with Gasteiger partial charge in [-0.3, -0.25) is 4.99 Å². The van der Waals surface area contributed by atoms with Crippen LogP contribution < -0.4 is 10.5 Å². The average molecular weight is 328 g/mol. The number of ether oxygens (including phenoxy) is 1. The van der Waals surface area contributed by atoms with Gasteiger partial charge in [-0.05, 0) is 24.6 Å². The van der Waals surface area contributed by atoms with Crippen LogP contribution in [-0.4, -0.2) is 30.0 Å². The van der Waals surface area contributed by atoms with Crippen LogP contribution in [0, 0.1) is 16.0 Å². The van der Waals surface area contributed by atoms with Gasteiger partial charge in [0.1, 0.15) is 16.5 Å². The van der Waals surface area contributed by atoms with E-state index in [1.165, 1.54) is 6.07 Å². The summed E-state index contributed by atoms with van der Waals surface area (Å²) in [7, 11) is 1.61. The minimum atomic E-state index is 0.0221. The number of aromatic hydroxyl groups is 1. The molecule has 4 N–H and O–H groups in total. The number of nitrogen functional groups attached to an aromatic ring is 1. The van der Waals surface area contributed by atoms with Crippen LogP contribution in [-0.2, 0) is 0 Å². The first-order valence-corrected chi connectivity index (χ1v) is 7.28. The summed E-state index contributed by atoms with van der Waals surface area (Å²) in [5.74, 6) is 0.667. The quantitative estimate of drug-likeness (QED) is 0.590. The molecule has 0 aliphatic heterocycles. The van der Waals surface area contributed by atoms with Crippen LogP contribution in [0.15, 0.2) is 23.2 Å². The van der Waals surface area contributed by atoms with Gasteiger partial charge in [-0.2, -0.15) is 5.26 Å². The summed E-state index contributed by atoms with van der Waals surface area (Å²) in [4.78, 5) is 6.79. The normalized spacial score (nSPS) is 10.7. The number of phenolic OH excluding ortho intramolecular Hbond substituents is 1. The smallest absolute Gasteiger partial charge is 0.161 e. The molecule has 1 aromatic heterocycles. The molecule has 0 spiro atoms. The van der Waals surface area contributed by atoms with Crippen molar-refractivity contribution in [2.45, 2.75) is 6.92 Å². The van der Waals surface area contributed by atoms with Gasteiger partial charge in [-0.15, -0.1) is 0 Å². The summed E-state index contributed by atoms with van der Waals surface area (Å²) in [6.07, 6.45) is 1.56. The van der Waals surface area contributed by atoms with E-state index < -0.39 is 0 Å². The highest BCUT2D eigenvalue weighted by Gasteiger charge is 2.17. The third-order valence-corrected chi connectivity index (χ3v) is 3.51. The van der Waals surface area contributed by atoms with Crippen LogP contribution in [0.25, 0.3) is 11.1 Å². The number of rotatable bonds is 4. The largest absolute Gasteiger partial charge is 0.504 e. The van der Waals surface area contributed by atoms with E-state index in [4.69, 9.17) is 22.7 Å². The van der Waals surface area contributed by atoms with Crippen molar-refractivity contribution in [2.75, 3.05) is 19.4 Å². The number of benzene rings is 1. The Morgan fingerprint density at radius 1 is 1.52 bits per heavy atom.